The molecule has 1 fully saturated rings. The zero-order chi connectivity index (χ0) is 13.1. The van der Waals surface area contributed by atoms with Crippen molar-refractivity contribution < 1.29 is 9.59 Å². The van der Waals surface area contributed by atoms with E-state index in [4.69, 9.17) is 5.73 Å². The van der Waals surface area contributed by atoms with Crippen LogP contribution >= 0.6 is 0 Å². The first-order valence-corrected chi connectivity index (χ1v) is 6.06. The third-order valence-electron chi connectivity index (χ3n) is 3.18. The minimum Gasteiger partial charge on any atom is -0.348 e. The summed E-state index contributed by atoms with van der Waals surface area (Å²) >= 11 is 0. The van der Waals surface area contributed by atoms with Gasteiger partial charge in [0.25, 0.3) is 5.91 Å². The van der Waals surface area contributed by atoms with Crippen molar-refractivity contribution in [3.63, 3.8) is 0 Å². The van der Waals surface area contributed by atoms with Gasteiger partial charge < -0.3 is 16.4 Å². The van der Waals surface area contributed by atoms with Crippen LogP contribution in [0.1, 0.15) is 22.8 Å². The lowest BCUT2D eigenvalue weighted by molar-refractivity contribution is -0.131. The van der Waals surface area contributed by atoms with E-state index in [-0.39, 0.29) is 17.9 Å². The second-order valence-electron chi connectivity index (χ2n) is 4.35. The van der Waals surface area contributed by atoms with E-state index in [0.29, 0.717) is 12.1 Å². The monoisotopic (exact) mass is 247 g/mol. The zero-order valence-electron chi connectivity index (χ0n) is 10.3. The van der Waals surface area contributed by atoms with Gasteiger partial charge in [0.15, 0.2) is 0 Å². The average molecular weight is 247 g/mol. The van der Waals surface area contributed by atoms with Crippen LogP contribution in [0.15, 0.2) is 24.3 Å². The normalized spacial score (nSPS) is 22.0. The summed E-state index contributed by atoms with van der Waals surface area (Å²) in [5.41, 5.74) is 7.20. The summed E-state index contributed by atoms with van der Waals surface area (Å²) in [7, 11) is 0. The molecule has 2 rings (SSSR count). The number of benzene rings is 1. The van der Waals surface area contributed by atoms with E-state index in [9.17, 15) is 9.59 Å². The minimum absolute atomic E-state index is 0.156. The van der Waals surface area contributed by atoms with Crippen LogP contribution in [0.3, 0.4) is 0 Å². The van der Waals surface area contributed by atoms with Crippen LogP contribution in [0.25, 0.3) is 0 Å². The van der Waals surface area contributed by atoms with Gasteiger partial charge in [0.2, 0.25) is 5.91 Å². The van der Waals surface area contributed by atoms with Crippen LogP contribution in [-0.4, -0.2) is 30.4 Å². The van der Waals surface area contributed by atoms with Gasteiger partial charge >= 0.3 is 0 Å². The molecule has 0 saturated carbocycles. The van der Waals surface area contributed by atoms with Crippen molar-refractivity contribution in [1.82, 2.24) is 10.6 Å². The number of hydrogen-bond donors (Lipinski definition) is 3. The van der Waals surface area contributed by atoms with E-state index in [0.717, 1.165) is 6.42 Å². The Bertz CT molecular complexity index is 456. The second kappa shape index (κ2) is 5.18. The first-order chi connectivity index (χ1) is 8.65. The molecule has 0 radical (unpaired) electrons. The van der Waals surface area contributed by atoms with E-state index >= 15 is 0 Å². The van der Waals surface area contributed by atoms with Gasteiger partial charge in [-0.05, 0) is 24.1 Å². The highest BCUT2D eigenvalue weighted by atomic mass is 16.2. The van der Waals surface area contributed by atoms with Crippen molar-refractivity contribution in [1.29, 1.82) is 0 Å². The van der Waals surface area contributed by atoms with Crippen LogP contribution in [0.4, 0.5) is 0 Å². The van der Waals surface area contributed by atoms with E-state index in [2.05, 4.69) is 17.6 Å². The maximum Gasteiger partial charge on any atom is 0.251 e. The van der Waals surface area contributed by atoms with Gasteiger partial charge in [-0.15, -0.1) is 0 Å². The molecule has 2 amide bonds. The highest BCUT2D eigenvalue weighted by Crippen LogP contribution is 2.08. The highest BCUT2D eigenvalue weighted by molar-refractivity contribution is 5.99. The topological polar surface area (TPSA) is 84.2 Å². The molecule has 0 spiro atoms. The highest BCUT2D eigenvalue weighted by Gasteiger charge is 2.39. The summed E-state index contributed by atoms with van der Waals surface area (Å²) in [6.45, 7) is 2.38. The molecule has 0 unspecified atom stereocenters. The Morgan fingerprint density at radius 2 is 2.06 bits per heavy atom. The molecular weight excluding hydrogens is 230 g/mol. The Morgan fingerprint density at radius 1 is 1.39 bits per heavy atom. The summed E-state index contributed by atoms with van der Waals surface area (Å²) in [5, 5.41) is 5.33. The zero-order valence-corrected chi connectivity index (χ0v) is 10.3. The number of aryl methyl sites for hydroxylation is 1. The summed E-state index contributed by atoms with van der Waals surface area (Å²) in [4.78, 5) is 23.2. The predicted octanol–water partition coefficient (Wildman–Crippen LogP) is -0.195. The van der Waals surface area contributed by atoms with Gasteiger partial charge in [0, 0.05) is 12.1 Å². The molecule has 5 nitrogen and oxygen atoms in total. The quantitative estimate of drug-likeness (QED) is 0.644. The summed E-state index contributed by atoms with van der Waals surface area (Å²) in [5.74, 6) is -0.417. The fourth-order valence-corrected chi connectivity index (χ4v) is 1.92. The van der Waals surface area contributed by atoms with Crippen molar-refractivity contribution in [3.05, 3.63) is 35.4 Å². The molecule has 1 saturated heterocycles. The molecule has 1 aliphatic rings. The number of rotatable bonds is 4. The Labute approximate surface area is 106 Å². The Balaban J connectivity index is 2.00. The third-order valence-corrected chi connectivity index (χ3v) is 3.18. The number of nitrogens with two attached hydrogens (primary N) is 1. The van der Waals surface area contributed by atoms with Gasteiger partial charge in [-0.1, -0.05) is 19.1 Å². The maximum atomic E-state index is 11.9. The number of β-lactam (4-membered cyclic amide) rings is 1. The van der Waals surface area contributed by atoms with E-state index < -0.39 is 6.04 Å². The average Bonchev–Trinajstić information content (AvgIpc) is 2.41. The lowest BCUT2D eigenvalue weighted by Gasteiger charge is -2.36. The van der Waals surface area contributed by atoms with Crippen molar-refractivity contribution in [3.8, 4) is 0 Å². The molecule has 96 valence electrons. The van der Waals surface area contributed by atoms with Gasteiger partial charge in [-0.2, -0.15) is 0 Å². The van der Waals surface area contributed by atoms with E-state index in [1.165, 1.54) is 5.56 Å². The lowest BCUT2D eigenvalue weighted by Crippen LogP contribution is -2.71. The fourth-order valence-electron chi connectivity index (χ4n) is 1.92. The van der Waals surface area contributed by atoms with Crippen LogP contribution < -0.4 is 16.4 Å². The number of amides is 2. The SMILES string of the molecule is CCc1ccc(C(=O)N[C@@H]2C(=O)N[C@@H]2CN)cc1. The van der Waals surface area contributed by atoms with Crippen molar-refractivity contribution in [2.24, 2.45) is 5.73 Å². The number of carbonyl (C=O) groups excluding carboxylic acids is 2. The molecule has 18 heavy (non-hydrogen) atoms. The molecule has 0 aliphatic carbocycles. The summed E-state index contributed by atoms with van der Waals surface area (Å²) < 4.78 is 0. The van der Waals surface area contributed by atoms with Crippen LogP contribution in [0.2, 0.25) is 0 Å². The molecule has 1 heterocycles. The predicted molar refractivity (Wildman–Crippen MR) is 68.1 cm³/mol. The molecule has 1 aliphatic heterocycles. The lowest BCUT2D eigenvalue weighted by atomic mass is 9.98. The summed E-state index contributed by atoms with van der Waals surface area (Å²) in [6.07, 6.45) is 0.933. The molecule has 1 aromatic rings. The Kier molecular flexibility index (Phi) is 3.62. The minimum atomic E-state index is -0.506. The van der Waals surface area contributed by atoms with Gasteiger partial charge in [-0.3, -0.25) is 9.59 Å². The standard InChI is InChI=1S/C13H17N3O2/c1-2-8-3-5-9(6-4-8)12(17)16-11-10(7-14)15-13(11)18/h3-6,10-11H,2,7,14H2,1H3,(H,15,18)(H,16,17)/t10-,11+/m1/s1. The van der Waals surface area contributed by atoms with Crippen molar-refractivity contribution >= 4 is 11.8 Å². The molecule has 1 aromatic carbocycles. The molecule has 2 atom stereocenters. The largest absolute Gasteiger partial charge is 0.348 e. The van der Waals surface area contributed by atoms with Crippen molar-refractivity contribution in [2.75, 3.05) is 6.54 Å². The fraction of sp³-hybridized carbons (Fsp3) is 0.385. The Hall–Kier alpha value is -1.88. The van der Waals surface area contributed by atoms with Crippen molar-refractivity contribution in [2.45, 2.75) is 25.4 Å². The van der Waals surface area contributed by atoms with Gasteiger partial charge in [0.05, 0.1) is 6.04 Å². The Morgan fingerprint density at radius 3 is 2.56 bits per heavy atom. The third kappa shape index (κ3) is 2.36. The number of nitrogens with one attached hydrogen (secondary N) is 2. The van der Waals surface area contributed by atoms with Gasteiger partial charge in [-0.25, -0.2) is 0 Å². The van der Waals surface area contributed by atoms with Crippen LogP contribution in [-0.2, 0) is 11.2 Å². The smallest absolute Gasteiger partial charge is 0.251 e. The molecule has 0 bridgehead atoms. The van der Waals surface area contributed by atoms with E-state index in [1.54, 1.807) is 12.1 Å². The first-order valence-electron chi connectivity index (χ1n) is 6.06. The molecule has 5 heteroatoms. The van der Waals surface area contributed by atoms with E-state index in [1.807, 2.05) is 12.1 Å². The van der Waals surface area contributed by atoms with Gasteiger partial charge in [0.1, 0.15) is 6.04 Å². The second-order valence-corrected chi connectivity index (χ2v) is 4.35. The number of hydrogen-bond acceptors (Lipinski definition) is 3. The molecular formula is C13H17N3O2. The molecule has 0 aromatic heterocycles. The van der Waals surface area contributed by atoms with Crippen LogP contribution in [0.5, 0.6) is 0 Å². The first kappa shape index (κ1) is 12.6. The van der Waals surface area contributed by atoms with Crippen LogP contribution in [0, 0.1) is 0 Å². The number of carbonyl (C=O) groups is 2. The molecule has 4 N–H and O–H groups in total. The summed E-state index contributed by atoms with van der Waals surface area (Å²) in [6, 6.07) is 6.70. The maximum absolute atomic E-state index is 11.9.